The summed E-state index contributed by atoms with van der Waals surface area (Å²) in [5, 5.41) is 21.1. The molecule has 6 N–H and O–H groups in total. The molecule has 10 nitrogen and oxygen atoms in total. The Balaban J connectivity index is 1.85. The second-order valence-electron chi connectivity index (χ2n) is 6.66. The predicted octanol–water partition coefficient (Wildman–Crippen LogP) is -0.963. The molecule has 1 saturated heterocycles. The van der Waals surface area contributed by atoms with Gasteiger partial charge in [-0.2, -0.15) is 0 Å². The Morgan fingerprint density at radius 1 is 1.30 bits per heavy atom. The third kappa shape index (κ3) is 3.80. The first-order valence-corrected chi connectivity index (χ1v) is 9.00. The van der Waals surface area contributed by atoms with Gasteiger partial charge in [-0.1, -0.05) is 19.1 Å². The highest BCUT2D eigenvalue weighted by Gasteiger charge is 2.45. The zero-order chi connectivity index (χ0) is 19.6. The van der Waals surface area contributed by atoms with Gasteiger partial charge < -0.3 is 31.3 Å². The maximum absolute atomic E-state index is 10.6. The van der Waals surface area contributed by atoms with Gasteiger partial charge in [0.05, 0.1) is 0 Å². The number of fused-ring (bicyclic) bond motifs is 1. The third-order valence-corrected chi connectivity index (χ3v) is 4.70. The Labute approximate surface area is 157 Å². The fourth-order valence-corrected chi connectivity index (χ4v) is 3.31. The van der Waals surface area contributed by atoms with Gasteiger partial charge in [0.1, 0.15) is 30.5 Å². The number of nitrogens with two attached hydrogens (primary N) is 2. The molecule has 27 heavy (non-hydrogen) atoms. The fourth-order valence-electron chi connectivity index (χ4n) is 3.31. The molecule has 0 saturated carbocycles. The maximum Gasteiger partial charge on any atom is 0.167 e. The summed E-state index contributed by atoms with van der Waals surface area (Å²) in [6.07, 6.45) is 2.27. The van der Waals surface area contributed by atoms with Crippen molar-refractivity contribution in [3.63, 3.8) is 0 Å². The van der Waals surface area contributed by atoms with Crippen LogP contribution in [0.5, 0.6) is 0 Å². The van der Waals surface area contributed by atoms with Crippen molar-refractivity contribution in [3.05, 3.63) is 24.3 Å². The second kappa shape index (κ2) is 8.28. The smallest absolute Gasteiger partial charge is 0.167 e. The van der Waals surface area contributed by atoms with Crippen molar-refractivity contribution in [2.75, 3.05) is 32.4 Å². The normalized spacial score (nSPS) is 26.0. The molecular formula is C17H27N7O3. The minimum Gasteiger partial charge on any atom is -0.387 e. The van der Waals surface area contributed by atoms with E-state index in [4.69, 9.17) is 16.2 Å². The van der Waals surface area contributed by atoms with E-state index in [1.54, 1.807) is 4.57 Å². The van der Waals surface area contributed by atoms with Crippen LogP contribution in [0.3, 0.4) is 0 Å². The Bertz CT molecular complexity index is 809. The van der Waals surface area contributed by atoms with Gasteiger partial charge in [-0.25, -0.2) is 15.0 Å². The summed E-state index contributed by atoms with van der Waals surface area (Å²) >= 11 is 0. The number of ether oxygens (including phenoxy) is 1. The topological polar surface area (TPSA) is 149 Å². The van der Waals surface area contributed by atoms with Crippen LogP contribution in [0.1, 0.15) is 19.0 Å². The summed E-state index contributed by atoms with van der Waals surface area (Å²) < 4.78 is 7.73. The molecular weight excluding hydrogens is 350 g/mol. The minimum atomic E-state index is -1.11. The van der Waals surface area contributed by atoms with Gasteiger partial charge in [-0.3, -0.25) is 4.57 Å². The minimum absolute atomic E-state index is 0.268. The van der Waals surface area contributed by atoms with E-state index in [1.165, 1.54) is 6.33 Å². The largest absolute Gasteiger partial charge is 0.387 e. The van der Waals surface area contributed by atoms with Crippen LogP contribution in [-0.4, -0.2) is 79.6 Å². The van der Waals surface area contributed by atoms with Crippen LogP contribution in [0.4, 0.5) is 5.82 Å². The number of aromatic nitrogens is 4. The van der Waals surface area contributed by atoms with E-state index in [0.717, 1.165) is 0 Å². The van der Waals surface area contributed by atoms with Gasteiger partial charge >= 0.3 is 0 Å². The molecule has 148 valence electrons. The Kier molecular flexibility index (Phi) is 6.02. The van der Waals surface area contributed by atoms with Crippen LogP contribution in [-0.2, 0) is 11.2 Å². The summed E-state index contributed by atoms with van der Waals surface area (Å²) in [5.74, 6) is 0.929. The van der Waals surface area contributed by atoms with E-state index in [9.17, 15) is 10.2 Å². The fraction of sp³-hybridized carbons (Fsp3) is 0.588. The molecule has 1 aliphatic heterocycles. The number of hydrogen-bond donors (Lipinski definition) is 4. The molecule has 0 bridgehead atoms. The number of anilines is 1. The third-order valence-electron chi connectivity index (χ3n) is 4.70. The van der Waals surface area contributed by atoms with Gasteiger partial charge in [0.25, 0.3) is 0 Å². The van der Waals surface area contributed by atoms with E-state index in [0.29, 0.717) is 43.0 Å². The SMILES string of the molecule is CCc1nc2c(N)ncnc2n1[C@@H]1O[C@H](CN(C)C/C=C/CN)[C@@H](O)[C@H]1O. The lowest BCUT2D eigenvalue weighted by Crippen LogP contribution is -2.38. The number of nitrogens with zero attached hydrogens (tertiary/aromatic N) is 5. The van der Waals surface area contributed by atoms with E-state index in [1.807, 2.05) is 31.0 Å². The first-order chi connectivity index (χ1) is 13.0. The highest BCUT2D eigenvalue weighted by atomic mass is 16.6. The van der Waals surface area contributed by atoms with Crippen molar-refractivity contribution in [1.82, 2.24) is 24.4 Å². The molecule has 0 radical (unpaired) electrons. The van der Waals surface area contributed by atoms with Crippen molar-refractivity contribution in [2.45, 2.75) is 37.9 Å². The molecule has 0 unspecified atom stereocenters. The van der Waals surface area contributed by atoms with Crippen molar-refractivity contribution in [3.8, 4) is 0 Å². The van der Waals surface area contributed by atoms with E-state index in [2.05, 4.69) is 15.0 Å². The molecule has 0 spiro atoms. The van der Waals surface area contributed by atoms with Crippen LogP contribution >= 0.6 is 0 Å². The monoisotopic (exact) mass is 377 g/mol. The maximum atomic E-state index is 10.6. The van der Waals surface area contributed by atoms with Crippen LogP contribution in [0.2, 0.25) is 0 Å². The average Bonchev–Trinajstić information content (AvgIpc) is 3.15. The summed E-state index contributed by atoms with van der Waals surface area (Å²) in [5.41, 5.74) is 12.3. The lowest BCUT2D eigenvalue weighted by Gasteiger charge is -2.21. The molecule has 4 atom stereocenters. The lowest BCUT2D eigenvalue weighted by molar-refractivity contribution is -0.0427. The van der Waals surface area contributed by atoms with Crippen LogP contribution in [0.15, 0.2) is 18.5 Å². The Morgan fingerprint density at radius 2 is 2.07 bits per heavy atom. The van der Waals surface area contributed by atoms with Crippen LogP contribution < -0.4 is 11.5 Å². The number of aryl methyl sites for hydroxylation is 1. The van der Waals surface area contributed by atoms with E-state index in [-0.39, 0.29) is 5.82 Å². The van der Waals surface area contributed by atoms with Crippen molar-refractivity contribution >= 4 is 17.0 Å². The molecule has 1 fully saturated rings. The van der Waals surface area contributed by atoms with Gasteiger partial charge in [0.15, 0.2) is 23.2 Å². The molecule has 10 heteroatoms. The molecule has 3 heterocycles. The zero-order valence-corrected chi connectivity index (χ0v) is 15.6. The quantitative estimate of drug-likeness (QED) is 0.447. The summed E-state index contributed by atoms with van der Waals surface area (Å²) in [4.78, 5) is 14.7. The number of nitrogen functional groups attached to an aromatic ring is 1. The number of likely N-dealkylation sites (N-methyl/N-ethyl adjacent to an activating group) is 1. The standard InChI is InChI=1S/C17H27N7O3/c1-3-11-22-12-15(19)20-9-21-16(12)24(11)17-14(26)13(25)10(27-17)8-23(2)7-5-4-6-18/h4-5,9-10,13-14,17,25-26H,3,6-8,18H2,1-2H3,(H2,19,20,21)/b5-4+/t10-,13-,14-,17-/m1/s1. The van der Waals surface area contributed by atoms with Crippen molar-refractivity contribution < 1.29 is 14.9 Å². The van der Waals surface area contributed by atoms with Crippen molar-refractivity contribution in [2.24, 2.45) is 5.73 Å². The van der Waals surface area contributed by atoms with Crippen LogP contribution in [0.25, 0.3) is 11.2 Å². The highest BCUT2D eigenvalue weighted by Crippen LogP contribution is 2.33. The Morgan fingerprint density at radius 3 is 2.78 bits per heavy atom. The Hall–Kier alpha value is -2.11. The predicted molar refractivity (Wildman–Crippen MR) is 101 cm³/mol. The number of aliphatic hydroxyl groups excluding tert-OH is 2. The first-order valence-electron chi connectivity index (χ1n) is 9.00. The number of rotatable bonds is 7. The molecule has 0 amide bonds. The molecule has 1 aliphatic rings. The van der Waals surface area contributed by atoms with E-state index < -0.39 is 24.5 Å². The van der Waals surface area contributed by atoms with Gasteiger partial charge in [0.2, 0.25) is 0 Å². The number of imidazole rings is 1. The number of hydrogen-bond acceptors (Lipinski definition) is 9. The average molecular weight is 377 g/mol. The first kappa shape index (κ1) is 19.6. The molecule has 2 aromatic rings. The van der Waals surface area contributed by atoms with Gasteiger partial charge in [-0.05, 0) is 7.05 Å². The summed E-state index contributed by atoms with van der Waals surface area (Å²) in [7, 11) is 1.91. The molecule has 3 rings (SSSR count). The van der Waals surface area contributed by atoms with Crippen molar-refractivity contribution in [1.29, 1.82) is 0 Å². The molecule has 0 aliphatic carbocycles. The number of aliphatic hydroxyl groups is 2. The lowest BCUT2D eigenvalue weighted by atomic mass is 10.1. The molecule has 0 aromatic carbocycles. The highest BCUT2D eigenvalue weighted by molar-refractivity contribution is 5.81. The van der Waals surface area contributed by atoms with Crippen LogP contribution in [0, 0.1) is 0 Å². The van der Waals surface area contributed by atoms with E-state index >= 15 is 0 Å². The second-order valence-corrected chi connectivity index (χ2v) is 6.66. The molecule has 2 aromatic heterocycles. The van der Waals surface area contributed by atoms with Gasteiger partial charge in [-0.15, -0.1) is 0 Å². The summed E-state index contributed by atoms with van der Waals surface area (Å²) in [6.45, 7) is 3.54. The summed E-state index contributed by atoms with van der Waals surface area (Å²) in [6, 6.07) is 0. The van der Waals surface area contributed by atoms with Gasteiger partial charge in [0, 0.05) is 26.1 Å². The zero-order valence-electron chi connectivity index (χ0n) is 15.6.